The number of carbonyl (C=O) groups is 2. The number of phenols is 6. The lowest BCUT2D eigenvalue weighted by Gasteiger charge is -2.07. The highest BCUT2D eigenvalue weighted by molar-refractivity contribution is 6.00. The fourth-order valence-electron chi connectivity index (χ4n) is 2.78. The van der Waals surface area contributed by atoms with Crippen LogP contribution in [0.4, 0.5) is 0 Å². The minimum absolute atomic E-state index is 0.0620. The summed E-state index contributed by atoms with van der Waals surface area (Å²) in [5, 5.41) is 56.8. The normalized spacial score (nSPS) is 10.7. The topological polar surface area (TPSA) is 156 Å². The summed E-state index contributed by atoms with van der Waals surface area (Å²) in [4.78, 5) is 24.1. The lowest BCUT2D eigenvalue weighted by atomic mass is 10.00. The maximum atomic E-state index is 12.1. The van der Waals surface area contributed by atoms with Crippen LogP contribution in [0.3, 0.4) is 0 Å². The molecule has 0 bridgehead atoms. The van der Waals surface area contributed by atoms with Gasteiger partial charge in [-0.05, 0) is 37.1 Å². The number of Topliss-reactive ketones (excluding diaryl/α,β-unsaturated/α-hetero) is 2. The fourth-order valence-corrected chi connectivity index (χ4v) is 2.78. The van der Waals surface area contributed by atoms with Crippen LogP contribution in [0.5, 0.6) is 34.5 Å². The first-order valence-corrected chi connectivity index (χ1v) is 8.78. The van der Waals surface area contributed by atoms with Gasteiger partial charge in [-0.1, -0.05) is 12.8 Å². The van der Waals surface area contributed by atoms with Gasteiger partial charge < -0.3 is 30.6 Å². The van der Waals surface area contributed by atoms with Crippen molar-refractivity contribution < 1.29 is 40.2 Å². The summed E-state index contributed by atoms with van der Waals surface area (Å²) in [6.07, 6.45) is 2.60. The first-order valence-electron chi connectivity index (χ1n) is 8.78. The van der Waals surface area contributed by atoms with Crippen LogP contribution in [-0.4, -0.2) is 42.2 Å². The van der Waals surface area contributed by atoms with E-state index in [0.29, 0.717) is 25.7 Å². The maximum Gasteiger partial charge on any atom is 0.201 e. The van der Waals surface area contributed by atoms with Crippen molar-refractivity contribution >= 4 is 11.6 Å². The van der Waals surface area contributed by atoms with E-state index in [1.807, 2.05) is 0 Å². The molecule has 28 heavy (non-hydrogen) atoms. The van der Waals surface area contributed by atoms with Gasteiger partial charge in [0.25, 0.3) is 0 Å². The molecule has 0 aromatic heterocycles. The van der Waals surface area contributed by atoms with E-state index in [4.69, 9.17) is 0 Å². The summed E-state index contributed by atoms with van der Waals surface area (Å²) in [5.74, 6) is -4.50. The molecule has 150 valence electrons. The van der Waals surface area contributed by atoms with Crippen LogP contribution < -0.4 is 0 Å². The van der Waals surface area contributed by atoms with E-state index >= 15 is 0 Å². The van der Waals surface area contributed by atoms with Gasteiger partial charge >= 0.3 is 0 Å². The largest absolute Gasteiger partial charge is 0.504 e. The molecule has 0 heterocycles. The van der Waals surface area contributed by atoms with Gasteiger partial charge in [0.05, 0.1) is 11.1 Å². The Morgan fingerprint density at radius 3 is 1.25 bits per heavy atom. The molecule has 0 aliphatic rings. The molecule has 2 rings (SSSR count). The zero-order valence-electron chi connectivity index (χ0n) is 15.1. The van der Waals surface area contributed by atoms with Crippen molar-refractivity contribution in [1.82, 2.24) is 0 Å². The number of aromatic hydroxyl groups is 6. The average molecular weight is 390 g/mol. The lowest BCUT2D eigenvalue weighted by Crippen LogP contribution is -2.01. The molecule has 0 atom stereocenters. The highest BCUT2D eigenvalue weighted by atomic mass is 16.3. The quantitative estimate of drug-likeness (QED) is 0.216. The Labute approximate surface area is 160 Å². The van der Waals surface area contributed by atoms with E-state index in [1.54, 1.807) is 0 Å². The van der Waals surface area contributed by atoms with Gasteiger partial charge in [0.1, 0.15) is 0 Å². The number of hydrogen-bond acceptors (Lipinski definition) is 8. The van der Waals surface area contributed by atoms with Gasteiger partial charge in [-0.3, -0.25) is 9.59 Å². The molecule has 0 fully saturated rings. The Morgan fingerprint density at radius 2 is 0.893 bits per heavy atom. The Hall–Kier alpha value is -3.42. The molecule has 8 heteroatoms. The molecule has 0 aliphatic heterocycles. The third-order valence-corrected chi connectivity index (χ3v) is 4.42. The van der Waals surface area contributed by atoms with E-state index in [-0.39, 0.29) is 35.5 Å². The van der Waals surface area contributed by atoms with Gasteiger partial charge in [-0.15, -0.1) is 0 Å². The molecule has 0 amide bonds. The Morgan fingerprint density at radius 1 is 0.536 bits per heavy atom. The fraction of sp³-hybridized carbons (Fsp3) is 0.300. The van der Waals surface area contributed by atoms with Crippen molar-refractivity contribution in [2.45, 2.75) is 38.5 Å². The van der Waals surface area contributed by atoms with Crippen LogP contribution in [0.2, 0.25) is 0 Å². The smallest absolute Gasteiger partial charge is 0.201 e. The van der Waals surface area contributed by atoms with Crippen LogP contribution in [-0.2, 0) is 0 Å². The zero-order chi connectivity index (χ0) is 20.8. The number of unbranched alkanes of at least 4 members (excludes halogenated alkanes) is 3. The summed E-state index contributed by atoms with van der Waals surface area (Å²) < 4.78 is 0. The van der Waals surface area contributed by atoms with Crippen LogP contribution in [0, 0.1) is 0 Å². The highest BCUT2D eigenvalue weighted by Crippen LogP contribution is 2.38. The van der Waals surface area contributed by atoms with E-state index < -0.39 is 34.5 Å². The SMILES string of the molecule is O=C(CCCCCCC(=O)c1ccc(O)c(O)c1O)c1ccc(O)c(O)c1O. The molecular weight excluding hydrogens is 368 g/mol. The van der Waals surface area contributed by atoms with Crippen molar-refractivity contribution in [1.29, 1.82) is 0 Å². The van der Waals surface area contributed by atoms with Crippen molar-refractivity contribution in [3.63, 3.8) is 0 Å². The molecule has 2 aromatic carbocycles. The van der Waals surface area contributed by atoms with Crippen LogP contribution in [0.15, 0.2) is 24.3 Å². The Balaban J connectivity index is 1.75. The second kappa shape index (κ2) is 8.98. The van der Waals surface area contributed by atoms with Crippen LogP contribution in [0.25, 0.3) is 0 Å². The number of hydrogen-bond donors (Lipinski definition) is 6. The molecule has 6 N–H and O–H groups in total. The van der Waals surface area contributed by atoms with Gasteiger partial charge in [0.2, 0.25) is 11.5 Å². The predicted octanol–water partition coefficient (Wildman–Crippen LogP) is 3.33. The van der Waals surface area contributed by atoms with Crippen LogP contribution >= 0.6 is 0 Å². The molecule has 0 aliphatic carbocycles. The van der Waals surface area contributed by atoms with E-state index in [0.717, 1.165) is 12.1 Å². The van der Waals surface area contributed by atoms with E-state index in [2.05, 4.69) is 0 Å². The molecule has 0 unspecified atom stereocenters. The third-order valence-electron chi connectivity index (χ3n) is 4.42. The first kappa shape index (κ1) is 20.9. The summed E-state index contributed by atoms with van der Waals surface area (Å²) in [6, 6.07) is 4.74. The van der Waals surface area contributed by atoms with Crippen molar-refractivity contribution in [2.75, 3.05) is 0 Å². The number of carbonyl (C=O) groups excluding carboxylic acids is 2. The minimum atomic E-state index is -0.729. The number of phenolic OH excluding ortho intramolecular Hbond substituents is 6. The number of benzene rings is 2. The summed E-state index contributed by atoms with van der Waals surface area (Å²) in [7, 11) is 0. The van der Waals surface area contributed by atoms with Gasteiger partial charge in [0, 0.05) is 12.8 Å². The summed E-state index contributed by atoms with van der Waals surface area (Å²) in [6.45, 7) is 0. The second-order valence-electron chi connectivity index (χ2n) is 6.42. The number of rotatable bonds is 9. The molecule has 2 aromatic rings. The highest BCUT2D eigenvalue weighted by Gasteiger charge is 2.18. The monoisotopic (exact) mass is 390 g/mol. The van der Waals surface area contributed by atoms with Crippen molar-refractivity contribution in [2.24, 2.45) is 0 Å². The molecule has 0 saturated carbocycles. The first-order chi connectivity index (χ1) is 13.2. The molecule has 0 saturated heterocycles. The van der Waals surface area contributed by atoms with E-state index in [1.165, 1.54) is 12.1 Å². The zero-order valence-corrected chi connectivity index (χ0v) is 15.1. The second-order valence-corrected chi connectivity index (χ2v) is 6.42. The molecule has 0 spiro atoms. The Kier molecular flexibility index (Phi) is 6.70. The summed E-state index contributed by atoms with van der Waals surface area (Å²) in [5.41, 5.74) is -0.124. The van der Waals surface area contributed by atoms with Gasteiger partial charge in [0.15, 0.2) is 34.6 Å². The molecule has 8 nitrogen and oxygen atoms in total. The standard InChI is InChI=1S/C20H22O8/c21-13(11-7-9-15(23)19(27)17(11)25)5-3-1-2-4-6-14(22)12-8-10-16(24)20(28)18(12)26/h7-10,23-28H,1-6H2. The minimum Gasteiger partial charge on any atom is -0.504 e. The summed E-state index contributed by atoms with van der Waals surface area (Å²) >= 11 is 0. The molecule has 0 radical (unpaired) electrons. The predicted molar refractivity (Wildman–Crippen MR) is 99.2 cm³/mol. The van der Waals surface area contributed by atoms with Crippen molar-refractivity contribution in [3.05, 3.63) is 35.4 Å². The van der Waals surface area contributed by atoms with E-state index in [9.17, 15) is 40.2 Å². The molecular formula is C20H22O8. The van der Waals surface area contributed by atoms with Crippen molar-refractivity contribution in [3.8, 4) is 34.5 Å². The van der Waals surface area contributed by atoms with Gasteiger partial charge in [-0.2, -0.15) is 0 Å². The van der Waals surface area contributed by atoms with Gasteiger partial charge in [-0.25, -0.2) is 0 Å². The lowest BCUT2D eigenvalue weighted by molar-refractivity contribution is 0.0962. The Bertz CT molecular complexity index is 815. The third kappa shape index (κ3) is 4.64. The maximum absolute atomic E-state index is 12.1. The average Bonchev–Trinajstić information content (AvgIpc) is 2.66. The van der Waals surface area contributed by atoms with Crippen LogP contribution in [0.1, 0.15) is 59.2 Å². The number of ketones is 2.